The summed E-state index contributed by atoms with van der Waals surface area (Å²) in [6.07, 6.45) is -3.73. The lowest BCUT2D eigenvalue weighted by Gasteiger charge is -2.36. The Morgan fingerprint density at radius 3 is 2.43 bits per heavy atom. The van der Waals surface area contributed by atoms with Gasteiger partial charge in [0.25, 0.3) is 5.91 Å². The number of nitrogens with zero attached hydrogens (tertiary/aromatic N) is 3. The Bertz CT molecular complexity index is 868. The molecule has 0 saturated carbocycles. The number of alkyl halides is 4. The number of hydrogen-bond donors (Lipinski definition) is 1. The van der Waals surface area contributed by atoms with Crippen LogP contribution in [0.3, 0.4) is 0 Å². The molecule has 1 aromatic carbocycles. The van der Waals surface area contributed by atoms with Crippen molar-refractivity contribution in [1.82, 2.24) is 20.3 Å². The monoisotopic (exact) mass is 428 g/mol. The number of piperazine rings is 1. The van der Waals surface area contributed by atoms with Crippen LogP contribution in [-0.2, 0) is 4.79 Å². The lowest BCUT2D eigenvalue weighted by Crippen LogP contribution is -2.54. The number of nitrogens with one attached hydrogen (secondary N) is 1. The van der Waals surface area contributed by atoms with Crippen molar-refractivity contribution in [1.29, 1.82) is 0 Å². The molecule has 0 spiro atoms. The molecular weight excluding hydrogens is 408 g/mol. The van der Waals surface area contributed by atoms with Crippen molar-refractivity contribution >= 4 is 11.8 Å². The highest BCUT2D eigenvalue weighted by atomic mass is 19.3. The minimum absolute atomic E-state index is 0.0145. The number of hydrogen-bond acceptors (Lipinski definition) is 5. The van der Waals surface area contributed by atoms with E-state index < -0.39 is 30.7 Å². The molecule has 7 nitrogen and oxygen atoms in total. The molecule has 2 amide bonds. The molecule has 1 aliphatic rings. The number of aromatic nitrogens is 1. The summed E-state index contributed by atoms with van der Waals surface area (Å²) in [5, 5.41) is 6.13. The van der Waals surface area contributed by atoms with Crippen LogP contribution in [-0.4, -0.2) is 78.4 Å². The van der Waals surface area contributed by atoms with Crippen LogP contribution in [0.1, 0.15) is 10.5 Å². The zero-order valence-electron chi connectivity index (χ0n) is 15.9. The van der Waals surface area contributed by atoms with Gasteiger partial charge in [0.1, 0.15) is 0 Å². The van der Waals surface area contributed by atoms with Crippen molar-refractivity contribution in [3.05, 3.63) is 42.1 Å². The van der Waals surface area contributed by atoms with Gasteiger partial charge in [-0.25, -0.2) is 8.78 Å². The molecular formula is C19H20F4N4O3. The quantitative estimate of drug-likeness (QED) is 0.684. The van der Waals surface area contributed by atoms with Crippen LogP contribution in [0.4, 0.5) is 17.6 Å². The van der Waals surface area contributed by atoms with Gasteiger partial charge in [0, 0.05) is 37.8 Å². The second-order valence-corrected chi connectivity index (χ2v) is 6.84. The van der Waals surface area contributed by atoms with E-state index in [1.165, 1.54) is 15.9 Å². The summed E-state index contributed by atoms with van der Waals surface area (Å²) in [6.45, 7) is -1.05. The summed E-state index contributed by atoms with van der Waals surface area (Å²) in [5.41, 5.74) is 0.760. The van der Waals surface area contributed by atoms with Crippen molar-refractivity contribution in [3.63, 3.8) is 0 Å². The Morgan fingerprint density at radius 1 is 1.13 bits per heavy atom. The predicted octanol–water partition coefficient (Wildman–Crippen LogP) is 2.12. The first-order chi connectivity index (χ1) is 14.3. The number of benzene rings is 1. The standard InChI is InChI=1S/C19H20F4N4O3/c20-18(21)19(22,23)12-26-6-8-27(9-7-26)16(28)11-24-17(29)14-10-15(30-25-14)13-4-2-1-3-5-13/h1-5,10,18H,6-9,11-12H2,(H,24,29). The zero-order valence-corrected chi connectivity index (χ0v) is 15.9. The van der Waals surface area contributed by atoms with Crippen molar-refractivity contribution < 1.29 is 31.7 Å². The van der Waals surface area contributed by atoms with Gasteiger partial charge in [-0.1, -0.05) is 35.5 Å². The zero-order chi connectivity index (χ0) is 21.7. The van der Waals surface area contributed by atoms with Crippen molar-refractivity contribution in [2.75, 3.05) is 39.3 Å². The summed E-state index contributed by atoms with van der Waals surface area (Å²) in [4.78, 5) is 27.0. The molecule has 11 heteroatoms. The molecule has 1 saturated heterocycles. The topological polar surface area (TPSA) is 78.7 Å². The van der Waals surface area contributed by atoms with Crippen LogP contribution in [0.15, 0.2) is 40.9 Å². The van der Waals surface area contributed by atoms with Crippen molar-refractivity contribution in [3.8, 4) is 11.3 Å². The highest BCUT2D eigenvalue weighted by molar-refractivity contribution is 5.95. The first-order valence-corrected chi connectivity index (χ1v) is 9.23. The Balaban J connectivity index is 1.45. The first kappa shape index (κ1) is 21.8. The number of rotatable bonds is 7. The summed E-state index contributed by atoms with van der Waals surface area (Å²) < 4.78 is 56.0. The molecule has 2 aromatic rings. The normalized spacial score (nSPS) is 15.4. The van der Waals surface area contributed by atoms with Crippen LogP contribution in [0.2, 0.25) is 0 Å². The van der Waals surface area contributed by atoms with E-state index in [4.69, 9.17) is 4.52 Å². The van der Waals surface area contributed by atoms with Gasteiger partial charge in [0.05, 0.1) is 13.1 Å². The fourth-order valence-corrected chi connectivity index (χ4v) is 3.00. The third-order valence-electron chi connectivity index (χ3n) is 4.68. The Kier molecular flexibility index (Phi) is 6.70. The first-order valence-electron chi connectivity index (χ1n) is 9.23. The molecule has 1 N–H and O–H groups in total. The van der Waals surface area contributed by atoms with E-state index in [1.54, 1.807) is 12.1 Å². The predicted molar refractivity (Wildman–Crippen MR) is 98.2 cm³/mol. The van der Waals surface area contributed by atoms with Crippen LogP contribution in [0.5, 0.6) is 0 Å². The Labute approximate surface area is 169 Å². The van der Waals surface area contributed by atoms with Crippen molar-refractivity contribution in [2.24, 2.45) is 0 Å². The molecule has 0 unspecified atom stereocenters. The van der Waals surface area contributed by atoms with Gasteiger partial charge >= 0.3 is 12.3 Å². The second-order valence-electron chi connectivity index (χ2n) is 6.84. The van der Waals surface area contributed by atoms with E-state index >= 15 is 0 Å². The van der Waals surface area contributed by atoms with Gasteiger partial charge in [-0.3, -0.25) is 14.5 Å². The maximum atomic E-state index is 13.1. The van der Waals surface area contributed by atoms with E-state index in [2.05, 4.69) is 10.5 Å². The summed E-state index contributed by atoms with van der Waals surface area (Å²) in [6, 6.07) is 10.5. The fraction of sp³-hybridized carbons (Fsp3) is 0.421. The van der Waals surface area contributed by atoms with Crippen LogP contribution in [0, 0.1) is 0 Å². The van der Waals surface area contributed by atoms with E-state index in [1.807, 2.05) is 18.2 Å². The minimum Gasteiger partial charge on any atom is -0.355 e. The maximum absolute atomic E-state index is 13.1. The molecule has 0 radical (unpaired) electrons. The molecule has 2 heterocycles. The van der Waals surface area contributed by atoms with E-state index in [-0.39, 0.29) is 38.4 Å². The molecule has 30 heavy (non-hydrogen) atoms. The number of halogens is 4. The molecule has 3 rings (SSSR count). The lowest BCUT2D eigenvalue weighted by atomic mass is 10.1. The average Bonchev–Trinajstić information content (AvgIpc) is 3.23. The molecule has 162 valence electrons. The molecule has 1 aromatic heterocycles. The molecule has 0 bridgehead atoms. The molecule has 1 aliphatic heterocycles. The van der Waals surface area contributed by atoms with Gasteiger partial charge in [0.2, 0.25) is 5.91 Å². The molecule has 0 atom stereocenters. The fourth-order valence-electron chi connectivity index (χ4n) is 3.00. The van der Waals surface area contributed by atoms with E-state index in [0.717, 1.165) is 5.56 Å². The third kappa shape index (κ3) is 5.35. The van der Waals surface area contributed by atoms with Crippen molar-refractivity contribution in [2.45, 2.75) is 12.3 Å². The number of carbonyl (C=O) groups excluding carboxylic acids is 2. The van der Waals surface area contributed by atoms with Crippen LogP contribution in [0.25, 0.3) is 11.3 Å². The second kappa shape index (κ2) is 9.24. The highest BCUT2D eigenvalue weighted by Gasteiger charge is 2.42. The smallest absolute Gasteiger partial charge is 0.319 e. The summed E-state index contributed by atoms with van der Waals surface area (Å²) >= 11 is 0. The minimum atomic E-state index is -4.09. The number of carbonyl (C=O) groups is 2. The average molecular weight is 428 g/mol. The van der Waals surface area contributed by atoms with Gasteiger partial charge < -0.3 is 14.7 Å². The van der Waals surface area contributed by atoms with Crippen LogP contribution < -0.4 is 5.32 Å². The largest absolute Gasteiger partial charge is 0.355 e. The third-order valence-corrected chi connectivity index (χ3v) is 4.68. The SMILES string of the molecule is O=C(NCC(=O)N1CCN(CC(F)(F)C(F)F)CC1)c1cc(-c2ccccc2)on1. The van der Waals surface area contributed by atoms with E-state index in [0.29, 0.717) is 5.76 Å². The van der Waals surface area contributed by atoms with Gasteiger partial charge in [0.15, 0.2) is 11.5 Å². The Hall–Kier alpha value is -2.95. The highest BCUT2D eigenvalue weighted by Crippen LogP contribution is 2.24. The molecule has 0 aliphatic carbocycles. The summed E-state index contributed by atoms with van der Waals surface area (Å²) in [5.74, 6) is -4.68. The maximum Gasteiger partial charge on any atom is 0.319 e. The van der Waals surface area contributed by atoms with Gasteiger partial charge in [-0.15, -0.1) is 0 Å². The lowest BCUT2D eigenvalue weighted by molar-refractivity contribution is -0.148. The van der Waals surface area contributed by atoms with Gasteiger partial charge in [-0.05, 0) is 0 Å². The summed E-state index contributed by atoms with van der Waals surface area (Å²) in [7, 11) is 0. The van der Waals surface area contributed by atoms with Gasteiger partial charge in [-0.2, -0.15) is 8.78 Å². The van der Waals surface area contributed by atoms with Crippen LogP contribution >= 0.6 is 0 Å². The Morgan fingerprint density at radius 2 is 1.80 bits per heavy atom. The molecule has 1 fully saturated rings. The number of amides is 2. The van der Waals surface area contributed by atoms with E-state index in [9.17, 15) is 27.2 Å².